The Balaban J connectivity index is 1.34. The van der Waals surface area contributed by atoms with Crippen LogP contribution in [0.25, 0.3) is 21.1 Å². The number of methoxy groups -OCH3 is 1. The molecule has 4 aromatic rings. The normalized spacial score (nSPS) is 15.8. The maximum Gasteiger partial charge on any atom is 0.262 e. The van der Waals surface area contributed by atoms with Crippen LogP contribution in [0.4, 0.5) is 5.13 Å². The number of anilines is 1. The van der Waals surface area contributed by atoms with Crippen LogP contribution < -0.4 is 15.6 Å². The Labute approximate surface area is 197 Å². The third kappa shape index (κ3) is 4.73. The molecule has 10 heteroatoms. The lowest BCUT2D eigenvalue weighted by molar-refractivity contribution is -0.113. The van der Waals surface area contributed by atoms with Crippen LogP contribution in [0.3, 0.4) is 0 Å². The van der Waals surface area contributed by atoms with Gasteiger partial charge in [-0.2, -0.15) is 0 Å². The molecule has 170 valence electrons. The third-order valence-corrected chi connectivity index (χ3v) is 7.32. The van der Waals surface area contributed by atoms with Gasteiger partial charge in [0.15, 0.2) is 10.3 Å². The van der Waals surface area contributed by atoms with E-state index in [1.54, 1.807) is 17.7 Å². The van der Waals surface area contributed by atoms with Crippen molar-refractivity contribution in [2.75, 3.05) is 24.8 Å². The Bertz CT molecular complexity index is 1380. The summed E-state index contributed by atoms with van der Waals surface area (Å²) in [5.41, 5.74) is 1.30. The molecule has 1 aliphatic rings. The van der Waals surface area contributed by atoms with Crippen molar-refractivity contribution in [3.8, 4) is 5.75 Å². The zero-order chi connectivity index (χ0) is 22.8. The molecular weight excluding hydrogens is 460 g/mol. The van der Waals surface area contributed by atoms with E-state index < -0.39 is 0 Å². The van der Waals surface area contributed by atoms with Gasteiger partial charge in [-0.1, -0.05) is 35.2 Å². The number of amides is 1. The van der Waals surface area contributed by atoms with Crippen molar-refractivity contribution in [1.29, 1.82) is 0 Å². The molecule has 1 amide bonds. The summed E-state index contributed by atoms with van der Waals surface area (Å²) >= 11 is 2.63. The molecule has 8 nitrogen and oxygen atoms in total. The van der Waals surface area contributed by atoms with E-state index in [0.29, 0.717) is 34.3 Å². The molecule has 0 radical (unpaired) electrons. The number of nitrogens with one attached hydrogen (secondary N) is 1. The van der Waals surface area contributed by atoms with E-state index >= 15 is 0 Å². The van der Waals surface area contributed by atoms with Gasteiger partial charge in [0.25, 0.3) is 5.56 Å². The minimum atomic E-state index is -0.211. The molecule has 2 aromatic carbocycles. The highest BCUT2D eigenvalue weighted by atomic mass is 32.2. The van der Waals surface area contributed by atoms with Crippen LogP contribution in [-0.2, 0) is 16.1 Å². The molecule has 0 aliphatic carbocycles. The van der Waals surface area contributed by atoms with Crippen LogP contribution in [0.2, 0.25) is 0 Å². The first-order chi connectivity index (χ1) is 16.1. The van der Waals surface area contributed by atoms with E-state index in [1.165, 1.54) is 23.1 Å². The van der Waals surface area contributed by atoms with Gasteiger partial charge in [-0.3, -0.25) is 14.2 Å². The smallest absolute Gasteiger partial charge is 0.262 e. The fourth-order valence-corrected chi connectivity index (χ4v) is 5.50. The number of carbonyl (C=O) groups is 1. The number of nitrogens with zero attached hydrogens (tertiary/aromatic N) is 3. The summed E-state index contributed by atoms with van der Waals surface area (Å²) in [5, 5.41) is 4.45. The van der Waals surface area contributed by atoms with E-state index in [1.807, 2.05) is 36.4 Å². The van der Waals surface area contributed by atoms with Crippen molar-refractivity contribution < 1.29 is 14.3 Å². The van der Waals surface area contributed by atoms with Gasteiger partial charge >= 0.3 is 0 Å². The summed E-state index contributed by atoms with van der Waals surface area (Å²) in [5.74, 6) is 0.638. The molecule has 0 saturated carbocycles. The van der Waals surface area contributed by atoms with Gasteiger partial charge in [-0.25, -0.2) is 9.97 Å². The lowest BCUT2D eigenvalue weighted by Gasteiger charge is -2.16. The predicted octanol–water partition coefficient (Wildman–Crippen LogP) is 3.92. The van der Waals surface area contributed by atoms with Crippen LogP contribution in [0.15, 0.2) is 52.4 Å². The van der Waals surface area contributed by atoms with E-state index in [4.69, 9.17) is 9.47 Å². The number of thiazole rings is 1. The lowest BCUT2D eigenvalue weighted by Crippen LogP contribution is -2.29. The van der Waals surface area contributed by atoms with E-state index in [2.05, 4.69) is 15.3 Å². The second-order valence-corrected chi connectivity index (χ2v) is 9.62. The van der Waals surface area contributed by atoms with Crippen molar-refractivity contribution in [2.24, 2.45) is 0 Å². The van der Waals surface area contributed by atoms with Crippen molar-refractivity contribution in [3.05, 3.63) is 52.8 Å². The second kappa shape index (κ2) is 9.50. The first-order valence-corrected chi connectivity index (χ1v) is 12.4. The Morgan fingerprint density at radius 3 is 2.97 bits per heavy atom. The highest BCUT2D eigenvalue weighted by Gasteiger charge is 2.21. The number of benzene rings is 2. The number of carbonyl (C=O) groups excluding carboxylic acids is 1. The summed E-state index contributed by atoms with van der Waals surface area (Å²) in [6, 6.07) is 12.9. The van der Waals surface area contributed by atoms with Gasteiger partial charge in [-0.15, -0.1) is 0 Å². The fourth-order valence-electron chi connectivity index (χ4n) is 3.78. The minimum absolute atomic E-state index is 0.0152. The molecule has 1 aliphatic heterocycles. The second-order valence-electron chi connectivity index (χ2n) is 7.65. The summed E-state index contributed by atoms with van der Waals surface area (Å²) < 4.78 is 13.5. The SMILES string of the molecule is COc1ccc2nc(NC(=O)CSc3nc4ccccc4c(=O)n3CC3CCCO3)sc2c1. The molecule has 1 N–H and O–H groups in total. The summed E-state index contributed by atoms with van der Waals surface area (Å²) in [6.07, 6.45) is 1.88. The van der Waals surface area contributed by atoms with Crippen molar-refractivity contribution in [2.45, 2.75) is 30.6 Å². The lowest BCUT2D eigenvalue weighted by atomic mass is 10.2. The van der Waals surface area contributed by atoms with E-state index in [0.717, 1.165) is 28.8 Å². The molecule has 33 heavy (non-hydrogen) atoms. The number of rotatable bonds is 7. The molecule has 0 spiro atoms. The third-order valence-electron chi connectivity index (χ3n) is 5.41. The average Bonchev–Trinajstić information content (AvgIpc) is 3.48. The number of para-hydroxylation sites is 1. The topological polar surface area (TPSA) is 95.3 Å². The largest absolute Gasteiger partial charge is 0.497 e. The number of hydrogen-bond acceptors (Lipinski definition) is 8. The molecule has 1 atom stereocenters. The number of hydrogen-bond donors (Lipinski definition) is 1. The van der Waals surface area contributed by atoms with Gasteiger partial charge in [-0.05, 0) is 43.2 Å². The zero-order valence-electron chi connectivity index (χ0n) is 17.9. The van der Waals surface area contributed by atoms with Crippen LogP contribution in [-0.4, -0.2) is 46.0 Å². The van der Waals surface area contributed by atoms with Gasteiger partial charge in [0.2, 0.25) is 5.91 Å². The van der Waals surface area contributed by atoms with Gasteiger partial charge < -0.3 is 14.8 Å². The highest BCUT2D eigenvalue weighted by Crippen LogP contribution is 2.29. The predicted molar refractivity (Wildman–Crippen MR) is 131 cm³/mol. The summed E-state index contributed by atoms with van der Waals surface area (Å²) in [7, 11) is 1.61. The van der Waals surface area contributed by atoms with Gasteiger partial charge in [0, 0.05) is 6.61 Å². The van der Waals surface area contributed by atoms with Crippen LogP contribution >= 0.6 is 23.1 Å². The molecule has 1 fully saturated rings. The number of ether oxygens (including phenoxy) is 2. The quantitative estimate of drug-likeness (QED) is 0.315. The highest BCUT2D eigenvalue weighted by molar-refractivity contribution is 7.99. The molecule has 5 rings (SSSR count). The maximum absolute atomic E-state index is 13.2. The fraction of sp³-hybridized carbons (Fsp3) is 0.304. The first kappa shape index (κ1) is 21.9. The summed E-state index contributed by atoms with van der Waals surface area (Å²) in [4.78, 5) is 35.0. The molecular formula is C23H22N4O4S2. The molecule has 3 heterocycles. The summed E-state index contributed by atoms with van der Waals surface area (Å²) in [6.45, 7) is 1.14. The Kier molecular flexibility index (Phi) is 6.30. The van der Waals surface area contributed by atoms with Crippen LogP contribution in [0.1, 0.15) is 12.8 Å². The van der Waals surface area contributed by atoms with Crippen LogP contribution in [0.5, 0.6) is 5.75 Å². The van der Waals surface area contributed by atoms with E-state index in [-0.39, 0.29) is 23.3 Å². The Hall–Kier alpha value is -2.95. The van der Waals surface area contributed by atoms with Crippen molar-refractivity contribution in [3.63, 3.8) is 0 Å². The standard InChI is InChI=1S/C23H22N4O4S2/c1-30-14-8-9-18-19(11-14)33-22(24-18)26-20(28)13-32-23-25-17-7-3-2-6-16(17)21(29)27(23)12-15-5-4-10-31-15/h2-3,6-9,11,15H,4-5,10,12-13H2,1H3,(H,24,26,28). The number of thioether (sulfide) groups is 1. The Morgan fingerprint density at radius 1 is 1.27 bits per heavy atom. The number of fused-ring (bicyclic) bond motifs is 2. The van der Waals surface area contributed by atoms with Crippen molar-refractivity contribution >= 4 is 55.3 Å². The van der Waals surface area contributed by atoms with E-state index in [9.17, 15) is 9.59 Å². The number of aromatic nitrogens is 3. The maximum atomic E-state index is 13.2. The average molecular weight is 483 g/mol. The zero-order valence-corrected chi connectivity index (χ0v) is 19.6. The monoisotopic (exact) mass is 482 g/mol. The van der Waals surface area contributed by atoms with Crippen molar-refractivity contribution in [1.82, 2.24) is 14.5 Å². The van der Waals surface area contributed by atoms with Gasteiger partial charge in [0.1, 0.15) is 5.75 Å². The first-order valence-electron chi connectivity index (χ1n) is 10.6. The molecule has 1 saturated heterocycles. The molecule has 1 unspecified atom stereocenters. The van der Waals surface area contributed by atoms with Gasteiger partial charge in [0.05, 0.1) is 46.6 Å². The molecule has 2 aromatic heterocycles. The minimum Gasteiger partial charge on any atom is -0.497 e. The Morgan fingerprint density at radius 2 is 2.15 bits per heavy atom. The van der Waals surface area contributed by atoms with Crippen LogP contribution in [0, 0.1) is 0 Å². The molecule has 0 bridgehead atoms.